The van der Waals surface area contributed by atoms with E-state index in [4.69, 9.17) is 23.2 Å². The predicted molar refractivity (Wildman–Crippen MR) is 85.8 cm³/mol. The number of hydrogen-bond donors (Lipinski definition) is 1. The SMILES string of the molecule is O=C1Nc2cc(Cl)ccc2C1(Br)Cc1ccc(Cl)cc1. The lowest BCUT2D eigenvalue weighted by molar-refractivity contribution is -0.117. The maximum absolute atomic E-state index is 12.3. The van der Waals surface area contributed by atoms with E-state index in [1.165, 1.54) is 0 Å². The number of amides is 1. The summed E-state index contributed by atoms with van der Waals surface area (Å²) >= 11 is 15.4. The number of carbonyl (C=O) groups excluding carboxylic acids is 1. The van der Waals surface area contributed by atoms with Crippen LogP contribution >= 0.6 is 39.1 Å². The zero-order valence-electron chi connectivity index (χ0n) is 10.3. The van der Waals surface area contributed by atoms with E-state index < -0.39 is 4.32 Å². The molecule has 0 aromatic heterocycles. The monoisotopic (exact) mass is 369 g/mol. The van der Waals surface area contributed by atoms with Gasteiger partial charge in [-0.25, -0.2) is 0 Å². The Morgan fingerprint density at radius 1 is 1.05 bits per heavy atom. The third-order valence-electron chi connectivity index (χ3n) is 3.38. The highest BCUT2D eigenvalue weighted by Gasteiger charge is 2.44. The molecule has 2 nitrogen and oxygen atoms in total. The predicted octanol–water partition coefficient (Wildman–Crippen LogP) is 4.78. The number of anilines is 1. The lowest BCUT2D eigenvalue weighted by Crippen LogP contribution is -2.30. The van der Waals surface area contributed by atoms with Gasteiger partial charge in [0.1, 0.15) is 4.32 Å². The third-order valence-corrected chi connectivity index (χ3v) is 4.93. The van der Waals surface area contributed by atoms with Crippen molar-refractivity contribution >= 4 is 50.7 Å². The van der Waals surface area contributed by atoms with Crippen LogP contribution in [0.25, 0.3) is 0 Å². The Hall–Kier alpha value is -1.03. The summed E-state index contributed by atoms with van der Waals surface area (Å²) in [6.07, 6.45) is 0.546. The summed E-state index contributed by atoms with van der Waals surface area (Å²) in [6.45, 7) is 0. The molecule has 1 aliphatic rings. The fourth-order valence-corrected chi connectivity index (χ4v) is 3.43. The Morgan fingerprint density at radius 2 is 1.70 bits per heavy atom. The van der Waals surface area contributed by atoms with Gasteiger partial charge in [-0.1, -0.05) is 57.3 Å². The molecule has 5 heteroatoms. The third kappa shape index (κ3) is 2.34. The molecule has 0 saturated carbocycles. The second-order valence-electron chi connectivity index (χ2n) is 4.75. The fourth-order valence-electron chi connectivity index (χ4n) is 2.37. The number of fused-ring (bicyclic) bond motifs is 1. The number of hydrogen-bond acceptors (Lipinski definition) is 1. The molecule has 1 unspecified atom stereocenters. The van der Waals surface area contributed by atoms with Crippen molar-refractivity contribution in [2.24, 2.45) is 0 Å². The minimum atomic E-state index is -0.763. The molecular formula is C15H10BrCl2NO. The van der Waals surface area contributed by atoms with Crippen LogP contribution in [0.2, 0.25) is 10.0 Å². The van der Waals surface area contributed by atoms with Gasteiger partial charge >= 0.3 is 0 Å². The Morgan fingerprint density at radius 3 is 2.40 bits per heavy atom. The van der Waals surface area contributed by atoms with Gasteiger partial charge in [-0.15, -0.1) is 0 Å². The zero-order chi connectivity index (χ0) is 14.3. The summed E-state index contributed by atoms with van der Waals surface area (Å²) in [6, 6.07) is 12.9. The molecule has 1 N–H and O–H groups in total. The van der Waals surface area contributed by atoms with Crippen LogP contribution in [-0.2, 0) is 15.5 Å². The quantitative estimate of drug-likeness (QED) is 0.757. The van der Waals surface area contributed by atoms with Crippen molar-refractivity contribution in [1.82, 2.24) is 0 Å². The van der Waals surface area contributed by atoms with Crippen molar-refractivity contribution in [1.29, 1.82) is 0 Å². The van der Waals surface area contributed by atoms with E-state index in [1.807, 2.05) is 30.3 Å². The van der Waals surface area contributed by atoms with Crippen LogP contribution in [0.1, 0.15) is 11.1 Å². The molecule has 2 aromatic carbocycles. The molecule has 1 atom stereocenters. The second-order valence-corrected chi connectivity index (χ2v) is 6.98. The van der Waals surface area contributed by atoms with Gasteiger partial charge in [0.15, 0.2) is 0 Å². The smallest absolute Gasteiger partial charge is 0.246 e. The first-order valence-electron chi connectivity index (χ1n) is 6.04. The van der Waals surface area contributed by atoms with Gasteiger partial charge in [0, 0.05) is 27.7 Å². The second kappa shape index (κ2) is 5.06. The van der Waals surface area contributed by atoms with E-state index in [1.54, 1.807) is 12.1 Å². The average Bonchev–Trinajstić information content (AvgIpc) is 2.64. The standard InChI is InChI=1S/C15H10BrCl2NO/c16-15(8-9-1-3-10(17)4-2-9)12-6-5-11(18)7-13(12)19-14(15)20/h1-7H,8H2,(H,19,20). The highest BCUT2D eigenvalue weighted by molar-refractivity contribution is 9.10. The topological polar surface area (TPSA) is 29.1 Å². The first-order chi connectivity index (χ1) is 9.49. The lowest BCUT2D eigenvalue weighted by atomic mass is 9.93. The van der Waals surface area contributed by atoms with Crippen LogP contribution in [0, 0.1) is 0 Å². The van der Waals surface area contributed by atoms with Gasteiger partial charge < -0.3 is 5.32 Å². The maximum Gasteiger partial charge on any atom is 0.246 e. The van der Waals surface area contributed by atoms with E-state index in [0.717, 1.165) is 16.8 Å². The molecule has 1 amide bonds. The number of carbonyl (C=O) groups is 1. The Labute approximate surface area is 135 Å². The van der Waals surface area contributed by atoms with Crippen LogP contribution in [0.4, 0.5) is 5.69 Å². The molecule has 20 heavy (non-hydrogen) atoms. The summed E-state index contributed by atoms with van der Waals surface area (Å²) in [7, 11) is 0. The summed E-state index contributed by atoms with van der Waals surface area (Å²) in [5, 5.41) is 4.15. The van der Waals surface area contributed by atoms with E-state index in [2.05, 4.69) is 21.2 Å². The molecule has 0 bridgehead atoms. The summed E-state index contributed by atoms with van der Waals surface area (Å²) < 4.78 is -0.763. The van der Waals surface area contributed by atoms with Gasteiger partial charge in [-0.05, 0) is 29.8 Å². The van der Waals surface area contributed by atoms with E-state index in [9.17, 15) is 4.79 Å². The molecule has 0 fully saturated rings. The minimum Gasteiger partial charge on any atom is -0.324 e. The molecule has 0 saturated heterocycles. The van der Waals surface area contributed by atoms with E-state index >= 15 is 0 Å². The Kier molecular flexibility index (Phi) is 3.53. The van der Waals surface area contributed by atoms with Gasteiger partial charge in [0.25, 0.3) is 0 Å². The number of alkyl halides is 1. The van der Waals surface area contributed by atoms with Gasteiger partial charge in [-0.3, -0.25) is 4.79 Å². The maximum atomic E-state index is 12.3. The highest BCUT2D eigenvalue weighted by atomic mass is 79.9. The van der Waals surface area contributed by atoms with Crippen molar-refractivity contribution in [2.45, 2.75) is 10.7 Å². The van der Waals surface area contributed by atoms with Crippen molar-refractivity contribution in [2.75, 3.05) is 5.32 Å². The molecule has 102 valence electrons. The zero-order valence-corrected chi connectivity index (χ0v) is 13.4. The molecular weight excluding hydrogens is 361 g/mol. The summed E-state index contributed by atoms with van der Waals surface area (Å²) in [5.41, 5.74) is 2.69. The van der Waals surface area contributed by atoms with Crippen LogP contribution in [0.3, 0.4) is 0 Å². The van der Waals surface area contributed by atoms with E-state index in [-0.39, 0.29) is 5.91 Å². The number of halogens is 3. The van der Waals surface area contributed by atoms with E-state index in [0.29, 0.717) is 16.5 Å². The normalized spacial score (nSPS) is 20.6. The number of benzene rings is 2. The largest absolute Gasteiger partial charge is 0.324 e. The van der Waals surface area contributed by atoms with Crippen molar-refractivity contribution in [3.8, 4) is 0 Å². The van der Waals surface area contributed by atoms with Crippen LogP contribution in [0.5, 0.6) is 0 Å². The van der Waals surface area contributed by atoms with Crippen LogP contribution < -0.4 is 5.32 Å². The summed E-state index contributed by atoms with van der Waals surface area (Å²) in [5.74, 6) is -0.0790. The molecule has 3 rings (SSSR count). The van der Waals surface area contributed by atoms with Gasteiger partial charge in [0.05, 0.1) is 0 Å². The minimum absolute atomic E-state index is 0.0790. The van der Waals surface area contributed by atoms with Gasteiger partial charge in [0.2, 0.25) is 5.91 Å². The molecule has 2 aromatic rings. The summed E-state index contributed by atoms with van der Waals surface area (Å²) in [4.78, 5) is 12.3. The Bertz CT molecular complexity index is 687. The highest BCUT2D eigenvalue weighted by Crippen LogP contribution is 2.45. The molecule has 0 radical (unpaired) electrons. The first kappa shape index (κ1) is 13.9. The molecule has 0 aliphatic carbocycles. The number of rotatable bonds is 2. The van der Waals surface area contributed by atoms with Gasteiger partial charge in [-0.2, -0.15) is 0 Å². The molecule has 1 aliphatic heterocycles. The number of nitrogens with one attached hydrogen (secondary N) is 1. The van der Waals surface area contributed by atoms with Crippen molar-refractivity contribution < 1.29 is 4.79 Å². The average molecular weight is 371 g/mol. The fraction of sp³-hybridized carbons (Fsp3) is 0.133. The van der Waals surface area contributed by atoms with Crippen LogP contribution in [-0.4, -0.2) is 5.91 Å². The van der Waals surface area contributed by atoms with Crippen molar-refractivity contribution in [3.63, 3.8) is 0 Å². The van der Waals surface area contributed by atoms with Crippen molar-refractivity contribution in [3.05, 3.63) is 63.6 Å². The lowest BCUT2D eigenvalue weighted by Gasteiger charge is -2.20. The Balaban J connectivity index is 2.00. The molecule has 0 spiro atoms. The first-order valence-corrected chi connectivity index (χ1v) is 7.59. The van der Waals surface area contributed by atoms with Crippen LogP contribution in [0.15, 0.2) is 42.5 Å². The molecule has 1 heterocycles.